The van der Waals surface area contributed by atoms with Gasteiger partial charge in [-0.2, -0.15) is 12.6 Å². The Bertz CT molecular complexity index is 319. The van der Waals surface area contributed by atoms with Crippen molar-refractivity contribution in [3.8, 4) is 5.75 Å². The Balaban J connectivity index is 2.76. The van der Waals surface area contributed by atoms with Gasteiger partial charge in [-0.05, 0) is 24.3 Å². The summed E-state index contributed by atoms with van der Waals surface area (Å²) in [5.41, 5.74) is 1.03. The van der Waals surface area contributed by atoms with E-state index in [2.05, 4.69) is 17.5 Å². The summed E-state index contributed by atoms with van der Waals surface area (Å²) < 4.78 is 5.10. The fourth-order valence-electron chi connectivity index (χ4n) is 1.35. The fourth-order valence-corrected chi connectivity index (χ4v) is 1.81. The molecule has 0 unspecified atom stereocenters. The molecule has 0 saturated heterocycles. The van der Waals surface area contributed by atoms with Gasteiger partial charge in [-0.25, -0.2) is 0 Å². The van der Waals surface area contributed by atoms with Gasteiger partial charge in [-0.3, -0.25) is 0 Å². The summed E-state index contributed by atoms with van der Waals surface area (Å²) in [7, 11) is 3.66. The molecule has 84 valence electrons. The lowest BCUT2D eigenvalue weighted by molar-refractivity contribution is 0.415. The number of anilines is 1. The first-order chi connectivity index (χ1) is 7.19. The SMILES string of the molecule is COc1ccc(N(C)CCCS)c(Cl)c1. The van der Waals surface area contributed by atoms with Gasteiger partial charge in [0.25, 0.3) is 0 Å². The average Bonchev–Trinajstić information content (AvgIpc) is 2.25. The van der Waals surface area contributed by atoms with Crippen molar-refractivity contribution >= 4 is 29.9 Å². The molecule has 1 aromatic rings. The molecule has 1 aromatic carbocycles. The molecule has 1 rings (SSSR count). The van der Waals surface area contributed by atoms with Gasteiger partial charge in [0.05, 0.1) is 17.8 Å². The maximum atomic E-state index is 6.14. The van der Waals surface area contributed by atoms with E-state index in [9.17, 15) is 0 Å². The monoisotopic (exact) mass is 245 g/mol. The van der Waals surface area contributed by atoms with E-state index >= 15 is 0 Å². The summed E-state index contributed by atoms with van der Waals surface area (Å²) >= 11 is 10.3. The highest BCUT2D eigenvalue weighted by molar-refractivity contribution is 7.80. The summed E-state index contributed by atoms with van der Waals surface area (Å²) in [4.78, 5) is 2.12. The predicted octanol–water partition coefficient (Wildman–Crippen LogP) is 3.10. The molecule has 0 atom stereocenters. The molecule has 0 fully saturated rings. The van der Waals surface area contributed by atoms with Crippen LogP contribution in [0.3, 0.4) is 0 Å². The van der Waals surface area contributed by atoms with E-state index in [4.69, 9.17) is 16.3 Å². The second-order valence-corrected chi connectivity index (χ2v) is 4.17. The van der Waals surface area contributed by atoms with Gasteiger partial charge >= 0.3 is 0 Å². The first-order valence-corrected chi connectivity index (χ1v) is 5.85. The van der Waals surface area contributed by atoms with E-state index in [1.54, 1.807) is 7.11 Å². The molecule has 0 saturated carbocycles. The van der Waals surface area contributed by atoms with E-state index < -0.39 is 0 Å². The Kier molecular flexibility index (Phi) is 5.12. The molecule has 0 heterocycles. The molecule has 0 amide bonds. The highest BCUT2D eigenvalue weighted by Gasteiger charge is 2.06. The molecule has 15 heavy (non-hydrogen) atoms. The molecule has 0 aliphatic heterocycles. The zero-order valence-corrected chi connectivity index (χ0v) is 10.7. The van der Waals surface area contributed by atoms with Crippen LogP contribution in [0.25, 0.3) is 0 Å². The third-order valence-electron chi connectivity index (χ3n) is 2.22. The summed E-state index contributed by atoms with van der Waals surface area (Å²) in [5.74, 6) is 1.67. The third kappa shape index (κ3) is 3.50. The van der Waals surface area contributed by atoms with Gasteiger partial charge in [-0.15, -0.1) is 0 Å². The molecule has 0 radical (unpaired) electrons. The van der Waals surface area contributed by atoms with Crippen LogP contribution in [0.1, 0.15) is 6.42 Å². The maximum absolute atomic E-state index is 6.14. The quantitative estimate of drug-likeness (QED) is 0.801. The van der Waals surface area contributed by atoms with E-state index in [1.807, 2.05) is 25.2 Å². The number of ether oxygens (including phenoxy) is 1. The zero-order chi connectivity index (χ0) is 11.3. The van der Waals surface area contributed by atoms with Gasteiger partial charge < -0.3 is 9.64 Å². The normalized spacial score (nSPS) is 10.1. The van der Waals surface area contributed by atoms with E-state index in [1.165, 1.54) is 0 Å². The van der Waals surface area contributed by atoms with Gasteiger partial charge in [0, 0.05) is 19.7 Å². The lowest BCUT2D eigenvalue weighted by Crippen LogP contribution is -2.19. The van der Waals surface area contributed by atoms with Crippen molar-refractivity contribution < 1.29 is 4.74 Å². The van der Waals surface area contributed by atoms with Crippen LogP contribution in [-0.2, 0) is 0 Å². The lowest BCUT2D eigenvalue weighted by atomic mass is 10.2. The highest BCUT2D eigenvalue weighted by atomic mass is 35.5. The van der Waals surface area contributed by atoms with Gasteiger partial charge in [0.1, 0.15) is 5.75 Å². The molecule has 0 aliphatic carbocycles. The van der Waals surface area contributed by atoms with Crippen molar-refractivity contribution in [1.29, 1.82) is 0 Å². The highest BCUT2D eigenvalue weighted by Crippen LogP contribution is 2.29. The first kappa shape index (κ1) is 12.5. The van der Waals surface area contributed by atoms with Crippen LogP contribution in [0.4, 0.5) is 5.69 Å². The van der Waals surface area contributed by atoms with Crippen LogP contribution in [0.15, 0.2) is 18.2 Å². The minimum absolute atomic E-state index is 0.719. The Hall–Kier alpha value is -0.540. The number of nitrogens with zero attached hydrogens (tertiary/aromatic N) is 1. The number of hydrogen-bond donors (Lipinski definition) is 1. The third-order valence-corrected chi connectivity index (χ3v) is 2.84. The van der Waals surface area contributed by atoms with Gasteiger partial charge in [-0.1, -0.05) is 11.6 Å². The smallest absolute Gasteiger partial charge is 0.120 e. The molecule has 0 bridgehead atoms. The molecule has 0 spiro atoms. The molecule has 4 heteroatoms. The van der Waals surface area contributed by atoms with E-state index in [-0.39, 0.29) is 0 Å². The van der Waals surface area contributed by atoms with Crippen LogP contribution in [0.5, 0.6) is 5.75 Å². The van der Waals surface area contributed by atoms with Crippen LogP contribution in [0.2, 0.25) is 5.02 Å². The molecule has 2 nitrogen and oxygen atoms in total. The Labute approximate surface area is 102 Å². The second kappa shape index (κ2) is 6.13. The van der Waals surface area contributed by atoms with Gasteiger partial charge in [0.2, 0.25) is 0 Å². The van der Waals surface area contributed by atoms with Gasteiger partial charge in [0.15, 0.2) is 0 Å². The van der Waals surface area contributed by atoms with E-state index in [0.29, 0.717) is 0 Å². The second-order valence-electron chi connectivity index (χ2n) is 3.32. The number of thiol groups is 1. The lowest BCUT2D eigenvalue weighted by Gasteiger charge is -2.20. The minimum atomic E-state index is 0.719. The van der Waals surface area contributed by atoms with Crippen LogP contribution < -0.4 is 9.64 Å². The van der Waals surface area contributed by atoms with Crippen molar-refractivity contribution in [2.75, 3.05) is 31.4 Å². The molecular weight excluding hydrogens is 230 g/mol. The summed E-state index contributed by atoms with van der Waals surface area (Å²) in [6, 6.07) is 5.71. The number of halogens is 1. The van der Waals surface area contributed by atoms with Crippen molar-refractivity contribution in [2.45, 2.75) is 6.42 Å². The number of methoxy groups -OCH3 is 1. The number of benzene rings is 1. The topological polar surface area (TPSA) is 12.5 Å². The Morgan fingerprint density at radius 2 is 2.20 bits per heavy atom. The zero-order valence-electron chi connectivity index (χ0n) is 9.03. The molecule has 0 aliphatic rings. The average molecular weight is 246 g/mol. The number of rotatable bonds is 5. The minimum Gasteiger partial charge on any atom is -0.497 e. The number of hydrogen-bond acceptors (Lipinski definition) is 3. The molecule has 0 aromatic heterocycles. The molecular formula is C11H16ClNOS. The summed E-state index contributed by atoms with van der Waals surface area (Å²) in [5, 5.41) is 0.719. The largest absolute Gasteiger partial charge is 0.497 e. The van der Waals surface area contributed by atoms with Crippen LogP contribution in [0, 0.1) is 0 Å². The fraction of sp³-hybridized carbons (Fsp3) is 0.455. The molecule has 0 N–H and O–H groups in total. The maximum Gasteiger partial charge on any atom is 0.120 e. The Morgan fingerprint density at radius 3 is 2.73 bits per heavy atom. The van der Waals surface area contributed by atoms with E-state index in [0.717, 1.165) is 35.2 Å². The van der Waals surface area contributed by atoms with Crippen molar-refractivity contribution in [2.24, 2.45) is 0 Å². The van der Waals surface area contributed by atoms with Crippen molar-refractivity contribution in [3.63, 3.8) is 0 Å². The van der Waals surface area contributed by atoms with Crippen molar-refractivity contribution in [3.05, 3.63) is 23.2 Å². The van der Waals surface area contributed by atoms with Crippen LogP contribution >= 0.6 is 24.2 Å². The van der Waals surface area contributed by atoms with Crippen molar-refractivity contribution in [1.82, 2.24) is 0 Å². The Morgan fingerprint density at radius 1 is 1.47 bits per heavy atom. The standard InChI is InChI=1S/C11H16ClNOS/c1-13(6-3-7-15)11-5-4-9(14-2)8-10(11)12/h4-5,8,15H,3,6-7H2,1-2H3. The summed E-state index contributed by atoms with van der Waals surface area (Å²) in [6.45, 7) is 0.954. The summed E-state index contributed by atoms with van der Waals surface area (Å²) in [6.07, 6.45) is 1.04. The first-order valence-electron chi connectivity index (χ1n) is 4.84. The van der Waals surface area contributed by atoms with Crippen LogP contribution in [-0.4, -0.2) is 26.5 Å². The predicted molar refractivity (Wildman–Crippen MR) is 69.7 cm³/mol.